The number of nitrogen functional groups attached to an aromatic ring is 2. The van der Waals surface area contributed by atoms with Crippen LogP contribution in [0.2, 0.25) is 0 Å². The minimum absolute atomic E-state index is 0.195. The van der Waals surface area contributed by atoms with Gasteiger partial charge in [-0.1, -0.05) is 11.8 Å². The van der Waals surface area contributed by atoms with Crippen LogP contribution in [0.25, 0.3) is 0 Å². The molecule has 0 radical (unpaired) electrons. The molecule has 0 saturated heterocycles. The molecule has 0 aromatic carbocycles. The zero-order valence-electron chi connectivity index (χ0n) is 9.58. The first-order chi connectivity index (χ1) is 8.63. The van der Waals surface area contributed by atoms with Crippen molar-refractivity contribution in [2.24, 2.45) is 12.9 Å². The molecule has 2 rings (SSSR count). The molecule has 8 nitrogen and oxygen atoms in total. The fraction of sp³-hybridized carbons (Fsp3) is 0.222. The van der Waals surface area contributed by atoms with Gasteiger partial charge < -0.3 is 10.2 Å². The van der Waals surface area contributed by atoms with Crippen LogP contribution in [0.4, 0.5) is 5.95 Å². The van der Waals surface area contributed by atoms with Crippen LogP contribution < -0.4 is 17.0 Å². The Labute approximate surface area is 107 Å². The zero-order valence-corrected chi connectivity index (χ0v) is 10.4. The lowest BCUT2D eigenvalue weighted by molar-refractivity contribution is 0.0925. The number of thioether (sulfide) groups is 1. The zero-order chi connectivity index (χ0) is 13.1. The van der Waals surface area contributed by atoms with E-state index in [9.17, 15) is 4.79 Å². The molecular formula is C9H12N6O2S. The number of carbonyl (C=O) groups is 1. The van der Waals surface area contributed by atoms with Gasteiger partial charge in [0, 0.05) is 18.4 Å². The van der Waals surface area contributed by atoms with Gasteiger partial charge in [-0.2, -0.15) is 0 Å². The Hall–Kier alpha value is -2.00. The Balaban J connectivity index is 2.09. The highest BCUT2D eigenvalue weighted by Crippen LogP contribution is 2.24. The number of nitrogens with two attached hydrogens (primary N) is 2. The van der Waals surface area contributed by atoms with E-state index >= 15 is 0 Å². The van der Waals surface area contributed by atoms with Crippen molar-refractivity contribution in [2.75, 3.05) is 5.73 Å². The van der Waals surface area contributed by atoms with E-state index in [1.165, 1.54) is 18.0 Å². The maximum atomic E-state index is 11.4. The van der Waals surface area contributed by atoms with Crippen molar-refractivity contribution in [1.29, 1.82) is 0 Å². The number of aromatic nitrogens is 3. The van der Waals surface area contributed by atoms with Crippen molar-refractivity contribution in [2.45, 2.75) is 10.9 Å². The molecule has 9 heteroatoms. The summed E-state index contributed by atoms with van der Waals surface area (Å²) in [6.45, 7) is 0. The summed E-state index contributed by atoms with van der Waals surface area (Å²) in [5.41, 5.74) is 8.32. The number of carbonyl (C=O) groups excluding carboxylic acids is 1. The molecule has 96 valence electrons. The highest BCUT2D eigenvalue weighted by atomic mass is 32.2. The van der Waals surface area contributed by atoms with Gasteiger partial charge in [-0.3, -0.25) is 14.8 Å². The molecule has 2 aromatic rings. The Morgan fingerprint density at radius 3 is 3.00 bits per heavy atom. The molecule has 0 bridgehead atoms. The number of rotatable bonds is 4. The summed E-state index contributed by atoms with van der Waals surface area (Å²) in [4.78, 5) is 11.4. The first-order valence-corrected chi connectivity index (χ1v) is 5.97. The molecule has 2 aromatic heterocycles. The molecule has 0 unspecified atom stereocenters. The van der Waals surface area contributed by atoms with Crippen LogP contribution in [-0.2, 0) is 12.8 Å². The molecular weight excluding hydrogens is 256 g/mol. The van der Waals surface area contributed by atoms with Crippen molar-refractivity contribution in [1.82, 2.24) is 20.2 Å². The molecule has 5 N–H and O–H groups in total. The van der Waals surface area contributed by atoms with E-state index in [1.807, 2.05) is 5.43 Å². The maximum Gasteiger partial charge on any atom is 0.301 e. The fourth-order valence-corrected chi connectivity index (χ4v) is 2.21. The molecule has 18 heavy (non-hydrogen) atoms. The SMILES string of the molecule is Cn1c(N)nnc1SCc1ccoc1C(=O)NN. The number of amides is 1. The standard InChI is InChI=1S/C9H12N6O2S/c1-15-8(10)13-14-9(15)18-4-5-2-3-17-6(5)7(16)12-11/h2-3H,4,11H2,1H3,(H2,10,13)(H,12,16). The van der Waals surface area contributed by atoms with Crippen LogP contribution in [0.15, 0.2) is 21.9 Å². The summed E-state index contributed by atoms with van der Waals surface area (Å²) >= 11 is 1.40. The normalized spacial score (nSPS) is 10.6. The highest BCUT2D eigenvalue weighted by Gasteiger charge is 2.15. The second kappa shape index (κ2) is 5.10. The van der Waals surface area contributed by atoms with Crippen LogP contribution in [0.1, 0.15) is 16.1 Å². The summed E-state index contributed by atoms with van der Waals surface area (Å²) in [7, 11) is 1.76. The van der Waals surface area contributed by atoms with Crippen molar-refractivity contribution in [3.05, 3.63) is 23.7 Å². The first-order valence-electron chi connectivity index (χ1n) is 4.98. The third kappa shape index (κ3) is 2.31. The van der Waals surface area contributed by atoms with Gasteiger partial charge in [-0.15, -0.1) is 10.2 Å². The number of nitrogens with zero attached hydrogens (tertiary/aromatic N) is 3. The predicted octanol–water partition coefficient (Wildman–Crippen LogP) is -0.114. The van der Waals surface area contributed by atoms with Crippen LogP contribution >= 0.6 is 11.8 Å². The number of hydrazine groups is 1. The molecule has 1 amide bonds. The van der Waals surface area contributed by atoms with Crippen LogP contribution in [0, 0.1) is 0 Å². The van der Waals surface area contributed by atoms with Gasteiger partial charge in [0.2, 0.25) is 5.95 Å². The lowest BCUT2D eigenvalue weighted by Crippen LogP contribution is -2.30. The molecule has 0 aliphatic heterocycles. The predicted molar refractivity (Wildman–Crippen MR) is 65.3 cm³/mol. The van der Waals surface area contributed by atoms with E-state index in [1.54, 1.807) is 17.7 Å². The van der Waals surface area contributed by atoms with E-state index in [2.05, 4.69) is 10.2 Å². The second-order valence-corrected chi connectivity index (χ2v) is 4.38. The largest absolute Gasteiger partial charge is 0.459 e. The Morgan fingerprint density at radius 1 is 1.61 bits per heavy atom. The molecule has 0 spiro atoms. The number of anilines is 1. The third-order valence-corrected chi connectivity index (χ3v) is 3.38. The Kier molecular flexibility index (Phi) is 3.53. The molecule has 0 atom stereocenters. The monoisotopic (exact) mass is 268 g/mol. The highest BCUT2D eigenvalue weighted by molar-refractivity contribution is 7.98. The Bertz CT molecular complexity index is 563. The Morgan fingerprint density at radius 2 is 2.39 bits per heavy atom. The van der Waals surface area contributed by atoms with Gasteiger partial charge in [-0.25, -0.2) is 5.84 Å². The minimum atomic E-state index is -0.465. The quantitative estimate of drug-likeness (QED) is 0.305. The third-order valence-electron chi connectivity index (χ3n) is 2.31. The van der Waals surface area contributed by atoms with Crippen molar-refractivity contribution in [3.8, 4) is 0 Å². The number of nitrogens with one attached hydrogen (secondary N) is 1. The number of hydrogen-bond acceptors (Lipinski definition) is 7. The minimum Gasteiger partial charge on any atom is -0.459 e. The summed E-state index contributed by atoms with van der Waals surface area (Å²) in [5, 5.41) is 8.30. The lowest BCUT2D eigenvalue weighted by atomic mass is 10.3. The number of hydrogen-bond donors (Lipinski definition) is 3. The number of furan rings is 1. The first kappa shape index (κ1) is 12.5. The molecule has 0 fully saturated rings. The van der Waals surface area contributed by atoms with E-state index in [4.69, 9.17) is 16.0 Å². The molecule has 0 aliphatic rings. The summed E-state index contributed by atoms with van der Waals surface area (Å²) in [6.07, 6.45) is 1.44. The van der Waals surface area contributed by atoms with Crippen LogP contribution in [-0.4, -0.2) is 20.7 Å². The van der Waals surface area contributed by atoms with Crippen LogP contribution in [0.3, 0.4) is 0 Å². The topological polar surface area (TPSA) is 125 Å². The van der Waals surface area contributed by atoms with Crippen molar-refractivity contribution in [3.63, 3.8) is 0 Å². The molecule has 0 saturated carbocycles. The second-order valence-electron chi connectivity index (χ2n) is 3.44. The van der Waals surface area contributed by atoms with Gasteiger partial charge in [0.25, 0.3) is 0 Å². The summed E-state index contributed by atoms with van der Waals surface area (Å²) in [5.74, 6) is 5.63. The van der Waals surface area contributed by atoms with Gasteiger partial charge in [0.15, 0.2) is 10.9 Å². The van der Waals surface area contributed by atoms with Crippen molar-refractivity contribution < 1.29 is 9.21 Å². The van der Waals surface area contributed by atoms with E-state index in [0.29, 0.717) is 16.9 Å². The van der Waals surface area contributed by atoms with Gasteiger partial charge in [-0.05, 0) is 6.07 Å². The van der Waals surface area contributed by atoms with Gasteiger partial charge >= 0.3 is 5.91 Å². The van der Waals surface area contributed by atoms with Gasteiger partial charge in [0.1, 0.15) is 0 Å². The average molecular weight is 268 g/mol. The van der Waals surface area contributed by atoms with Crippen molar-refractivity contribution >= 4 is 23.6 Å². The fourth-order valence-electron chi connectivity index (χ4n) is 1.31. The van der Waals surface area contributed by atoms with E-state index in [0.717, 1.165) is 5.56 Å². The average Bonchev–Trinajstić information content (AvgIpc) is 2.95. The maximum absolute atomic E-state index is 11.4. The van der Waals surface area contributed by atoms with Gasteiger partial charge in [0.05, 0.1) is 6.26 Å². The molecule has 2 heterocycles. The van der Waals surface area contributed by atoms with E-state index < -0.39 is 5.91 Å². The summed E-state index contributed by atoms with van der Waals surface area (Å²) < 4.78 is 6.73. The lowest BCUT2D eigenvalue weighted by Gasteiger charge is -2.01. The smallest absolute Gasteiger partial charge is 0.301 e. The van der Waals surface area contributed by atoms with Crippen LogP contribution in [0.5, 0.6) is 0 Å². The summed E-state index contributed by atoms with van der Waals surface area (Å²) in [6, 6.07) is 1.71. The van der Waals surface area contributed by atoms with E-state index in [-0.39, 0.29) is 5.76 Å². The molecule has 0 aliphatic carbocycles.